The predicted molar refractivity (Wildman–Crippen MR) is 131 cm³/mol. The van der Waals surface area contributed by atoms with Crippen molar-refractivity contribution in [3.05, 3.63) is 62.9 Å². The van der Waals surface area contributed by atoms with Crippen molar-refractivity contribution in [3.8, 4) is 11.5 Å². The number of allylic oxidation sites excluding steroid dienone is 1. The number of ether oxygens (including phenoxy) is 2. The molecule has 1 heterocycles. The fourth-order valence-electron chi connectivity index (χ4n) is 4.51. The van der Waals surface area contributed by atoms with Gasteiger partial charge in [0.2, 0.25) is 5.91 Å². The Bertz CT molecular complexity index is 1300. The summed E-state index contributed by atoms with van der Waals surface area (Å²) in [5.74, 6) is 1.64. The van der Waals surface area contributed by atoms with Gasteiger partial charge in [0.1, 0.15) is 22.8 Å². The van der Waals surface area contributed by atoms with Crippen LogP contribution >= 0.6 is 0 Å². The average Bonchev–Trinajstić information content (AvgIpc) is 3.19. The largest absolute Gasteiger partial charge is 0.495 e. The van der Waals surface area contributed by atoms with Crippen LogP contribution in [0.25, 0.3) is 16.5 Å². The molecule has 8 nitrogen and oxygen atoms in total. The molecule has 8 heteroatoms. The summed E-state index contributed by atoms with van der Waals surface area (Å²) in [6.45, 7) is 6.22. The summed E-state index contributed by atoms with van der Waals surface area (Å²) in [6.07, 6.45) is 5.63. The van der Waals surface area contributed by atoms with Crippen molar-refractivity contribution < 1.29 is 23.6 Å². The predicted octanol–water partition coefficient (Wildman–Crippen LogP) is 5.98. The fraction of sp³-hybridized carbons (Fsp3) is 0.346. The number of nitrogens with one attached hydrogen (secondary N) is 1. The standard InChI is InChI=1S/C26H28N2O6/c1-5-33-25-16(3)26-20(18-8-6-7-9-22(18)34-26)14-19(25)15(2)12-24(29)27-21-13-17(28(30)31)10-11-23(21)32-4/h10-14H,5-9H2,1-4H3,(H,27,29)/b15-12+. The number of hydrogen-bond donors (Lipinski definition) is 1. The van der Waals surface area contributed by atoms with E-state index in [1.807, 2.05) is 26.8 Å². The number of nitro benzene ring substituents is 1. The number of amides is 1. The van der Waals surface area contributed by atoms with E-state index < -0.39 is 10.8 Å². The van der Waals surface area contributed by atoms with E-state index in [-0.39, 0.29) is 11.4 Å². The van der Waals surface area contributed by atoms with Crippen molar-refractivity contribution in [1.29, 1.82) is 0 Å². The molecule has 3 aromatic rings. The zero-order valence-corrected chi connectivity index (χ0v) is 19.8. The molecule has 0 radical (unpaired) electrons. The first-order valence-corrected chi connectivity index (χ1v) is 11.4. The number of rotatable bonds is 7. The molecular formula is C26H28N2O6. The number of carbonyl (C=O) groups excluding carboxylic acids is 1. The number of carbonyl (C=O) groups is 1. The molecule has 0 aliphatic heterocycles. The Kier molecular flexibility index (Phi) is 6.58. The van der Waals surface area contributed by atoms with Crippen LogP contribution in [0.2, 0.25) is 0 Å². The summed E-state index contributed by atoms with van der Waals surface area (Å²) < 4.78 is 17.4. The lowest BCUT2D eigenvalue weighted by atomic mass is 9.93. The normalized spacial score (nSPS) is 13.5. The van der Waals surface area contributed by atoms with Crippen LogP contribution < -0.4 is 14.8 Å². The van der Waals surface area contributed by atoms with E-state index in [0.717, 1.165) is 53.5 Å². The van der Waals surface area contributed by atoms with E-state index in [1.54, 1.807) is 0 Å². The average molecular weight is 465 g/mol. The Morgan fingerprint density at radius 2 is 2.03 bits per heavy atom. The van der Waals surface area contributed by atoms with Crippen LogP contribution in [0.3, 0.4) is 0 Å². The fourth-order valence-corrected chi connectivity index (χ4v) is 4.51. The molecule has 0 bridgehead atoms. The summed E-state index contributed by atoms with van der Waals surface area (Å²) in [7, 11) is 1.44. The lowest BCUT2D eigenvalue weighted by Crippen LogP contribution is -2.10. The summed E-state index contributed by atoms with van der Waals surface area (Å²) in [5, 5.41) is 14.9. The first kappa shape index (κ1) is 23.4. The molecular weight excluding hydrogens is 436 g/mol. The molecule has 0 saturated carbocycles. The number of nitrogens with zero attached hydrogens (tertiary/aromatic N) is 1. The van der Waals surface area contributed by atoms with Crippen molar-refractivity contribution >= 4 is 33.8 Å². The Balaban J connectivity index is 1.73. The highest BCUT2D eigenvalue weighted by Crippen LogP contribution is 2.41. The van der Waals surface area contributed by atoms with Gasteiger partial charge in [0, 0.05) is 46.7 Å². The van der Waals surface area contributed by atoms with Crippen molar-refractivity contribution in [3.63, 3.8) is 0 Å². The summed E-state index contributed by atoms with van der Waals surface area (Å²) >= 11 is 0. The molecule has 0 spiro atoms. The number of methoxy groups -OCH3 is 1. The number of benzene rings is 2. The second-order valence-electron chi connectivity index (χ2n) is 8.36. The van der Waals surface area contributed by atoms with E-state index in [0.29, 0.717) is 23.7 Å². The topological polar surface area (TPSA) is 104 Å². The molecule has 1 aromatic heterocycles. The zero-order valence-electron chi connectivity index (χ0n) is 19.8. The van der Waals surface area contributed by atoms with Crippen LogP contribution in [0.1, 0.15) is 49.1 Å². The lowest BCUT2D eigenvalue weighted by molar-refractivity contribution is -0.384. The Labute approximate surface area is 197 Å². The van der Waals surface area contributed by atoms with Gasteiger partial charge in [-0.25, -0.2) is 0 Å². The van der Waals surface area contributed by atoms with Gasteiger partial charge in [-0.15, -0.1) is 0 Å². The number of aryl methyl sites for hydroxylation is 3. The van der Waals surface area contributed by atoms with Gasteiger partial charge >= 0.3 is 0 Å². The van der Waals surface area contributed by atoms with Crippen LogP contribution in [-0.4, -0.2) is 24.5 Å². The van der Waals surface area contributed by atoms with Crippen LogP contribution in [0, 0.1) is 17.0 Å². The van der Waals surface area contributed by atoms with E-state index in [2.05, 4.69) is 5.32 Å². The Morgan fingerprint density at radius 3 is 2.74 bits per heavy atom. The summed E-state index contributed by atoms with van der Waals surface area (Å²) in [5.41, 5.74) is 4.62. The third-order valence-electron chi connectivity index (χ3n) is 6.14. The number of hydrogen-bond acceptors (Lipinski definition) is 6. The van der Waals surface area contributed by atoms with E-state index in [9.17, 15) is 14.9 Å². The minimum atomic E-state index is -0.520. The third kappa shape index (κ3) is 4.35. The molecule has 0 atom stereocenters. The van der Waals surface area contributed by atoms with Crippen LogP contribution in [-0.2, 0) is 17.6 Å². The first-order valence-electron chi connectivity index (χ1n) is 11.4. The van der Waals surface area contributed by atoms with Crippen LogP contribution in [0.15, 0.2) is 34.8 Å². The molecule has 1 aliphatic carbocycles. The maximum Gasteiger partial charge on any atom is 0.271 e. The lowest BCUT2D eigenvalue weighted by Gasteiger charge is -2.15. The highest BCUT2D eigenvalue weighted by Gasteiger charge is 2.23. The highest BCUT2D eigenvalue weighted by molar-refractivity contribution is 6.05. The van der Waals surface area contributed by atoms with E-state index >= 15 is 0 Å². The van der Waals surface area contributed by atoms with Gasteiger partial charge in [-0.05, 0) is 57.7 Å². The number of furan rings is 1. The number of anilines is 1. The Morgan fingerprint density at radius 1 is 1.26 bits per heavy atom. The molecule has 0 unspecified atom stereocenters. The minimum absolute atomic E-state index is 0.138. The summed E-state index contributed by atoms with van der Waals surface area (Å²) in [4.78, 5) is 23.5. The molecule has 4 rings (SSSR count). The van der Waals surface area contributed by atoms with Gasteiger partial charge in [0.15, 0.2) is 0 Å². The smallest absolute Gasteiger partial charge is 0.271 e. The molecule has 34 heavy (non-hydrogen) atoms. The van der Waals surface area contributed by atoms with Crippen molar-refractivity contribution in [2.75, 3.05) is 19.0 Å². The number of non-ortho nitro benzene ring substituents is 1. The monoisotopic (exact) mass is 464 g/mol. The van der Waals surface area contributed by atoms with Gasteiger partial charge in [-0.3, -0.25) is 14.9 Å². The Hall–Kier alpha value is -3.81. The second-order valence-corrected chi connectivity index (χ2v) is 8.36. The minimum Gasteiger partial charge on any atom is -0.495 e. The highest BCUT2D eigenvalue weighted by atomic mass is 16.6. The van der Waals surface area contributed by atoms with Crippen molar-refractivity contribution in [2.45, 2.75) is 46.5 Å². The zero-order chi connectivity index (χ0) is 24.4. The van der Waals surface area contributed by atoms with Gasteiger partial charge < -0.3 is 19.2 Å². The quantitative estimate of drug-likeness (QED) is 0.262. The molecule has 0 fully saturated rings. The molecule has 178 valence electrons. The first-order chi connectivity index (χ1) is 16.3. The number of fused-ring (bicyclic) bond motifs is 3. The van der Waals surface area contributed by atoms with E-state index in [4.69, 9.17) is 13.9 Å². The van der Waals surface area contributed by atoms with Gasteiger partial charge in [0.05, 0.1) is 24.3 Å². The number of nitro groups is 1. The summed E-state index contributed by atoms with van der Waals surface area (Å²) in [6, 6.07) is 6.11. The van der Waals surface area contributed by atoms with E-state index in [1.165, 1.54) is 36.9 Å². The van der Waals surface area contributed by atoms with Gasteiger partial charge in [-0.1, -0.05) is 0 Å². The second kappa shape index (κ2) is 9.59. The maximum absolute atomic E-state index is 12.9. The van der Waals surface area contributed by atoms with Crippen molar-refractivity contribution in [2.24, 2.45) is 0 Å². The SMILES string of the molecule is CCOc1c(/C(C)=C/C(=O)Nc2cc([N+](=O)[O-])ccc2OC)cc2c3c(oc2c1C)CCCC3. The van der Waals surface area contributed by atoms with Gasteiger partial charge in [-0.2, -0.15) is 0 Å². The molecule has 2 aromatic carbocycles. The molecule has 0 saturated heterocycles. The van der Waals surface area contributed by atoms with Gasteiger partial charge in [0.25, 0.3) is 5.69 Å². The molecule has 1 aliphatic rings. The molecule has 1 N–H and O–H groups in total. The molecule has 1 amide bonds. The maximum atomic E-state index is 12.9. The third-order valence-corrected chi connectivity index (χ3v) is 6.14. The van der Waals surface area contributed by atoms with Crippen molar-refractivity contribution in [1.82, 2.24) is 0 Å². The van der Waals surface area contributed by atoms with Crippen LogP contribution in [0.5, 0.6) is 11.5 Å². The van der Waals surface area contributed by atoms with Crippen LogP contribution in [0.4, 0.5) is 11.4 Å².